The van der Waals surface area contributed by atoms with Crippen molar-refractivity contribution in [2.45, 2.75) is 19.9 Å². The molecule has 0 fully saturated rings. The number of hydrogen-bond donors (Lipinski definition) is 2. The first-order valence-electron chi connectivity index (χ1n) is 9.54. The van der Waals surface area contributed by atoms with Gasteiger partial charge in [-0.15, -0.1) is 0 Å². The van der Waals surface area contributed by atoms with E-state index in [0.29, 0.717) is 17.0 Å². The Morgan fingerprint density at radius 1 is 1.17 bits per heavy atom. The van der Waals surface area contributed by atoms with E-state index in [-0.39, 0.29) is 6.04 Å². The second kappa shape index (κ2) is 7.92. The molecule has 0 saturated carbocycles. The molecule has 3 aromatic heterocycles. The molecule has 152 valence electrons. The van der Waals surface area contributed by atoms with Crippen molar-refractivity contribution < 1.29 is 9.53 Å². The van der Waals surface area contributed by atoms with Gasteiger partial charge in [0, 0.05) is 24.3 Å². The highest BCUT2D eigenvalue weighted by molar-refractivity contribution is 5.92. The molecule has 0 saturated heterocycles. The van der Waals surface area contributed by atoms with Crippen LogP contribution in [0.25, 0.3) is 28.0 Å². The first-order chi connectivity index (χ1) is 14.5. The van der Waals surface area contributed by atoms with Gasteiger partial charge in [-0.25, -0.2) is 14.5 Å². The maximum Gasteiger partial charge on any atom is 0.412 e. The normalized spacial score (nSPS) is 12.0. The van der Waals surface area contributed by atoms with E-state index in [4.69, 9.17) is 10.5 Å². The molecular formula is C22H22N6O2. The molecule has 4 rings (SSSR count). The molecule has 0 radical (unpaired) electrons. The molecule has 1 atom stereocenters. The second-order valence-corrected chi connectivity index (χ2v) is 6.98. The van der Waals surface area contributed by atoms with E-state index in [0.717, 1.165) is 28.2 Å². The van der Waals surface area contributed by atoms with Crippen molar-refractivity contribution in [3.05, 3.63) is 66.1 Å². The fourth-order valence-electron chi connectivity index (χ4n) is 3.17. The third-order valence-corrected chi connectivity index (χ3v) is 4.68. The van der Waals surface area contributed by atoms with Gasteiger partial charge in [0.05, 0.1) is 28.5 Å². The summed E-state index contributed by atoms with van der Waals surface area (Å²) in [5.41, 5.74) is 9.89. The molecule has 4 aromatic rings. The molecule has 8 heteroatoms. The van der Waals surface area contributed by atoms with E-state index in [1.54, 1.807) is 16.9 Å². The number of fused-ring (bicyclic) bond motifs is 1. The number of nitrogens with two attached hydrogens (primary N) is 1. The number of nitrogens with zero attached hydrogens (tertiary/aromatic N) is 4. The van der Waals surface area contributed by atoms with Gasteiger partial charge in [0.1, 0.15) is 5.75 Å². The SMILES string of the molecule is CNC(=O)Oc1cc(-c2cccc(C(C)N)n2)cc2c1cnn2-c1cccc(C)n1. The lowest BCUT2D eigenvalue weighted by Crippen LogP contribution is -2.22. The summed E-state index contributed by atoms with van der Waals surface area (Å²) in [6.45, 7) is 3.80. The quantitative estimate of drug-likeness (QED) is 0.541. The number of carbonyl (C=O) groups excluding carboxylic acids is 1. The molecule has 0 aliphatic rings. The Balaban J connectivity index is 1.94. The Bertz CT molecular complexity index is 1230. The van der Waals surface area contributed by atoms with Crippen LogP contribution in [0.15, 0.2) is 54.7 Å². The molecule has 8 nitrogen and oxygen atoms in total. The number of carbonyl (C=O) groups is 1. The Morgan fingerprint density at radius 2 is 1.97 bits per heavy atom. The van der Waals surface area contributed by atoms with E-state index in [9.17, 15) is 4.79 Å². The maximum absolute atomic E-state index is 11.9. The van der Waals surface area contributed by atoms with E-state index >= 15 is 0 Å². The van der Waals surface area contributed by atoms with Gasteiger partial charge < -0.3 is 15.8 Å². The highest BCUT2D eigenvalue weighted by Gasteiger charge is 2.16. The van der Waals surface area contributed by atoms with Gasteiger partial charge in [-0.05, 0) is 50.2 Å². The molecule has 30 heavy (non-hydrogen) atoms. The molecule has 1 amide bonds. The van der Waals surface area contributed by atoms with Crippen LogP contribution in [0.1, 0.15) is 24.4 Å². The molecule has 3 heterocycles. The molecule has 0 aliphatic heterocycles. The maximum atomic E-state index is 11.9. The number of rotatable bonds is 4. The average Bonchev–Trinajstić information content (AvgIpc) is 3.18. The molecule has 1 aromatic carbocycles. The predicted octanol–water partition coefficient (Wildman–Crippen LogP) is 3.53. The summed E-state index contributed by atoms with van der Waals surface area (Å²) >= 11 is 0. The van der Waals surface area contributed by atoms with Crippen molar-refractivity contribution in [1.29, 1.82) is 0 Å². The van der Waals surface area contributed by atoms with Crippen molar-refractivity contribution in [1.82, 2.24) is 25.1 Å². The number of pyridine rings is 2. The van der Waals surface area contributed by atoms with Crippen LogP contribution in [-0.2, 0) is 0 Å². The zero-order valence-corrected chi connectivity index (χ0v) is 17.0. The van der Waals surface area contributed by atoms with Crippen LogP contribution >= 0.6 is 0 Å². The Kier molecular flexibility index (Phi) is 5.16. The molecule has 0 spiro atoms. The fourth-order valence-corrected chi connectivity index (χ4v) is 3.17. The van der Waals surface area contributed by atoms with Crippen molar-refractivity contribution in [3.8, 4) is 22.8 Å². The van der Waals surface area contributed by atoms with Crippen molar-refractivity contribution >= 4 is 17.0 Å². The van der Waals surface area contributed by atoms with Crippen LogP contribution in [0.5, 0.6) is 5.75 Å². The van der Waals surface area contributed by atoms with Crippen molar-refractivity contribution in [2.24, 2.45) is 5.73 Å². The van der Waals surface area contributed by atoms with Crippen molar-refractivity contribution in [3.63, 3.8) is 0 Å². The largest absolute Gasteiger partial charge is 0.412 e. The van der Waals surface area contributed by atoms with Crippen LogP contribution in [-0.4, -0.2) is 32.9 Å². The highest BCUT2D eigenvalue weighted by atomic mass is 16.6. The van der Waals surface area contributed by atoms with E-state index in [1.807, 2.05) is 56.3 Å². The van der Waals surface area contributed by atoms with Gasteiger partial charge in [-0.2, -0.15) is 5.10 Å². The lowest BCUT2D eigenvalue weighted by molar-refractivity contribution is 0.203. The van der Waals surface area contributed by atoms with Gasteiger partial charge in [-0.1, -0.05) is 12.1 Å². The smallest absolute Gasteiger partial charge is 0.410 e. The first kappa shape index (κ1) is 19.5. The highest BCUT2D eigenvalue weighted by Crippen LogP contribution is 2.33. The summed E-state index contributed by atoms with van der Waals surface area (Å²) < 4.78 is 7.23. The average molecular weight is 402 g/mol. The number of nitrogens with one attached hydrogen (secondary N) is 1. The Labute approximate surface area is 173 Å². The summed E-state index contributed by atoms with van der Waals surface area (Å²) in [6.07, 6.45) is 1.10. The van der Waals surface area contributed by atoms with Gasteiger partial charge >= 0.3 is 6.09 Å². The monoisotopic (exact) mass is 402 g/mol. The third kappa shape index (κ3) is 3.72. The van der Waals surface area contributed by atoms with Gasteiger partial charge in [0.15, 0.2) is 5.82 Å². The van der Waals surface area contributed by atoms with Crippen LogP contribution in [0.2, 0.25) is 0 Å². The third-order valence-electron chi connectivity index (χ3n) is 4.68. The minimum absolute atomic E-state index is 0.197. The van der Waals surface area contributed by atoms with Gasteiger partial charge in [0.2, 0.25) is 0 Å². The number of aryl methyl sites for hydroxylation is 1. The molecule has 3 N–H and O–H groups in total. The second-order valence-electron chi connectivity index (χ2n) is 6.98. The van der Waals surface area contributed by atoms with Crippen LogP contribution < -0.4 is 15.8 Å². The van der Waals surface area contributed by atoms with E-state index in [1.165, 1.54) is 7.05 Å². The van der Waals surface area contributed by atoms with E-state index < -0.39 is 6.09 Å². The summed E-state index contributed by atoms with van der Waals surface area (Å²) in [7, 11) is 1.51. The summed E-state index contributed by atoms with van der Waals surface area (Å²) in [6, 6.07) is 14.9. The van der Waals surface area contributed by atoms with Gasteiger partial charge in [-0.3, -0.25) is 4.98 Å². The lowest BCUT2D eigenvalue weighted by atomic mass is 10.1. The van der Waals surface area contributed by atoms with Gasteiger partial charge in [0.25, 0.3) is 0 Å². The zero-order valence-electron chi connectivity index (χ0n) is 17.0. The van der Waals surface area contributed by atoms with Crippen LogP contribution in [0.4, 0.5) is 4.79 Å². The number of amides is 1. The van der Waals surface area contributed by atoms with E-state index in [2.05, 4.69) is 20.4 Å². The summed E-state index contributed by atoms with van der Waals surface area (Å²) in [4.78, 5) is 21.2. The predicted molar refractivity (Wildman–Crippen MR) is 115 cm³/mol. The summed E-state index contributed by atoms with van der Waals surface area (Å²) in [5, 5.41) is 7.65. The van der Waals surface area contributed by atoms with Crippen LogP contribution in [0.3, 0.4) is 0 Å². The number of hydrogen-bond acceptors (Lipinski definition) is 6. The number of benzene rings is 1. The first-order valence-corrected chi connectivity index (χ1v) is 9.54. The van der Waals surface area contributed by atoms with Crippen LogP contribution in [0, 0.1) is 6.92 Å². The minimum atomic E-state index is -0.563. The Morgan fingerprint density at radius 3 is 2.70 bits per heavy atom. The topological polar surface area (TPSA) is 108 Å². The number of aromatic nitrogens is 4. The fraction of sp³-hybridized carbons (Fsp3) is 0.182. The molecule has 0 aliphatic carbocycles. The minimum Gasteiger partial charge on any atom is -0.410 e. The number of ether oxygens (including phenoxy) is 1. The zero-order chi connectivity index (χ0) is 21.3. The standard InChI is InChI=1S/C22H22N6O2/c1-13-6-4-9-21(26-13)28-19-10-15(18-8-5-7-17(27-18)14(2)23)11-20(16(19)12-25-28)30-22(29)24-3/h4-12,14H,23H2,1-3H3,(H,24,29). The Hall–Kier alpha value is -3.78. The van der Waals surface area contributed by atoms with Crippen molar-refractivity contribution in [2.75, 3.05) is 7.05 Å². The lowest BCUT2D eigenvalue weighted by Gasteiger charge is -2.11. The molecule has 1 unspecified atom stereocenters. The molecule has 0 bridgehead atoms. The summed E-state index contributed by atoms with van der Waals surface area (Å²) in [5.74, 6) is 1.05. The molecular weight excluding hydrogens is 380 g/mol.